The molecular weight excluding hydrogens is 358 g/mol. The van der Waals surface area contributed by atoms with Gasteiger partial charge in [-0.05, 0) is 36.8 Å². The summed E-state index contributed by atoms with van der Waals surface area (Å²) in [6.07, 6.45) is 3.22. The molecule has 7 nitrogen and oxygen atoms in total. The maximum Gasteiger partial charge on any atom is 0.246 e. The quantitative estimate of drug-likeness (QED) is 0.634. The van der Waals surface area contributed by atoms with Gasteiger partial charge >= 0.3 is 0 Å². The van der Waals surface area contributed by atoms with Crippen molar-refractivity contribution in [2.45, 2.75) is 13.5 Å². The minimum atomic E-state index is -0.173. The second-order valence-electron chi connectivity index (χ2n) is 6.52. The maximum absolute atomic E-state index is 12.4. The van der Waals surface area contributed by atoms with Crippen LogP contribution in [0.5, 0.6) is 11.5 Å². The number of fused-ring (bicyclic) bond motifs is 1. The molecule has 0 fully saturated rings. The molecule has 1 aliphatic heterocycles. The van der Waals surface area contributed by atoms with Gasteiger partial charge in [0.1, 0.15) is 0 Å². The van der Waals surface area contributed by atoms with Crippen LogP contribution in [-0.2, 0) is 11.3 Å². The Kier molecular flexibility index (Phi) is 4.80. The van der Waals surface area contributed by atoms with Gasteiger partial charge in [0.05, 0.1) is 6.54 Å². The summed E-state index contributed by atoms with van der Waals surface area (Å²) in [7, 11) is 1.68. The van der Waals surface area contributed by atoms with Gasteiger partial charge in [-0.15, -0.1) is 0 Å². The Bertz CT molecular complexity index is 1040. The van der Waals surface area contributed by atoms with E-state index < -0.39 is 0 Å². The van der Waals surface area contributed by atoms with Gasteiger partial charge in [-0.3, -0.25) is 4.79 Å². The van der Waals surface area contributed by atoms with Gasteiger partial charge in [0, 0.05) is 18.7 Å². The van der Waals surface area contributed by atoms with Crippen molar-refractivity contribution in [2.75, 3.05) is 13.8 Å². The van der Waals surface area contributed by atoms with Crippen LogP contribution in [0.4, 0.5) is 0 Å². The number of hydrogen-bond donors (Lipinski definition) is 0. The minimum Gasteiger partial charge on any atom is -0.454 e. The van der Waals surface area contributed by atoms with E-state index in [1.54, 1.807) is 13.1 Å². The normalized spacial score (nSPS) is 12.5. The Labute approximate surface area is 162 Å². The molecule has 1 amide bonds. The molecule has 0 N–H and O–H groups in total. The van der Waals surface area contributed by atoms with Crippen LogP contribution in [0.15, 0.2) is 53.1 Å². The van der Waals surface area contributed by atoms with Crippen LogP contribution in [-0.4, -0.2) is 34.8 Å². The highest BCUT2D eigenvalue weighted by Gasteiger charge is 2.14. The molecule has 7 heteroatoms. The van der Waals surface area contributed by atoms with Crippen molar-refractivity contribution in [1.82, 2.24) is 15.0 Å². The first-order chi connectivity index (χ1) is 13.6. The summed E-state index contributed by atoms with van der Waals surface area (Å²) in [5, 5.41) is 4.00. The first-order valence-corrected chi connectivity index (χ1v) is 8.81. The number of rotatable bonds is 5. The summed E-state index contributed by atoms with van der Waals surface area (Å²) in [6, 6.07) is 13.4. The third kappa shape index (κ3) is 3.88. The minimum absolute atomic E-state index is 0.173. The summed E-state index contributed by atoms with van der Waals surface area (Å²) in [5.74, 6) is 2.10. The monoisotopic (exact) mass is 377 g/mol. The van der Waals surface area contributed by atoms with Crippen molar-refractivity contribution >= 4 is 12.0 Å². The molecule has 0 radical (unpaired) electrons. The summed E-state index contributed by atoms with van der Waals surface area (Å²) in [6.45, 7) is 2.45. The van der Waals surface area contributed by atoms with Crippen molar-refractivity contribution in [1.29, 1.82) is 0 Å². The molecule has 0 unspecified atom stereocenters. The number of aryl methyl sites for hydroxylation is 1. The number of carbonyl (C=O) groups excluding carboxylic acids is 1. The molecule has 0 saturated heterocycles. The van der Waals surface area contributed by atoms with Crippen LogP contribution in [0.3, 0.4) is 0 Å². The fraction of sp³-hybridized carbons (Fsp3) is 0.190. The second-order valence-corrected chi connectivity index (χ2v) is 6.52. The largest absolute Gasteiger partial charge is 0.454 e. The van der Waals surface area contributed by atoms with E-state index in [4.69, 9.17) is 14.0 Å². The van der Waals surface area contributed by atoms with Crippen molar-refractivity contribution < 1.29 is 18.8 Å². The number of ether oxygens (including phenoxy) is 2. The molecule has 0 saturated carbocycles. The van der Waals surface area contributed by atoms with Gasteiger partial charge in [-0.1, -0.05) is 35.0 Å². The van der Waals surface area contributed by atoms with Crippen LogP contribution in [0.25, 0.3) is 17.5 Å². The van der Waals surface area contributed by atoms with Crippen molar-refractivity contribution in [3.05, 3.63) is 65.6 Å². The average Bonchev–Trinajstić information content (AvgIpc) is 3.35. The Morgan fingerprint density at radius 1 is 1.18 bits per heavy atom. The summed E-state index contributed by atoms with van der Waals surface area (Å²) >= 11 is 0. The molecular formula is C21H19N3O4. The molecule has 28 heavy (non-hydrogen) atoms. The van der Waals surface area contributed by atoms with Crippen molar-refractivity contribution in [2.24, 2.45) is 0 Å². The highest BCUT2D eigenvalue weighted by atomic mass is 16.7. The Morgan fingerprint density at radius 3 is 2.89 bits per heavy atom. The van der Waals surface area contributed by atoms with Gasteiger partial charge in [0.2, 0.25) is 24.4 Å². The zero-order valence-corrected chi connectivity index (χ0v) is 15.6. The molecule has 4 rings (SSSR count). The highest BCUT2D eigenvalue weighted by Crippen LogP contribution is 2.32. The molecule has 2 aromatic carbocycles. The van der Waals surface area contributed by atoms with E-state index in [9.17, 15) is 4.79 Å². The van der Waals surface area contributed by atoms with Gasteiger partial charge in [0.25, 0.3) is 0 Å². The summed E-state index contributed by atoms with van der Waals surface area (Å²) in [4.78, 5) is 18.3. The standard InChI is InChI=1S/C21H19N3O4/c1-14-4-3-5-16(10-14)21-22-19(28-23-21)12-24(2)20(25)9-7-15-6-8-17-18(11-15)27-13-26-17/h3-11H,12-13H2,1-2H3/b9-7+. The fourth-order valence-corrected chi connectivity index (χ4v) is 2.81. The number of aromatic nitrogens is 2. The van der Waals surface area contributed by atoms with Gasteiger partial charge in [0.15, 0.2) is 11.5 Å². The predicted molar refractivity (Wildman–Crippen MR) is 103 cm³/mol. The van der Waals surface area contributed by atoms with Gasteiger partial charge < -0.3 is 18.9 Å². The van der Waals surface area contributed by atoms with Crippen LogP contribution in [0, 0.1) is 6.92 Å². The molecule has 142 valence electrons. The van der Waals surface area contributed by atoms with Crippen molar-refractivity contribution in [3.8, 4) is 22.9 Å². The van der Waals surface area contributed by atoms with Crippen LogP contribution < -0.4 is 9.47 Å². The zero-order valence-electron chi connectivity index (χ0n) is 15.6. The first kappa shape index (κ1) is 17.8. The third-order valence-corrected chi connectivity index (χ3v) is 4.31. The lowest BCUT2D eigenvalue weighted by molar-refractivity contribution is -0.125. The number of hydrogen-bond acceptors (Lipinski definition) is 6. The van der Waals surface area contributed by atoms with E-state index in [0.29, 0.717) is 23.2 Å². The van der Waals surface area contributed by atoms with E-state index in [0.717, 1.165) is 16.7 Å². The van der Waals surface area contributed by atoms with E-state index in [2.05, 4.69) is 10.1 Å². The number of likely N-dealkylation sites (N-methyl/N-ethyl adjacent to an activating group) is 1. The number of amides is 1. The van der Waals surface area contributed by atoms with Crippen LogP contribution in [0.2, 0.25) is 0 Å². The summed E-state index contributed by atoms with van der Waals surface area (Å²) in [5.41, 5.74) is 2.85. The number of benzene rings is 2. The first-order valence-electron chi connectivity index (χ1n) is 8.81. The zero-order chi connectivity index (χ0) is 19.5. The SMILES string of the molecule is Cc1cccc(-c2noc(CN(C)C(=O)/C=C/c3ccc4c(c3)OCO4)n2)c1. The van der Waals surface area contributed by atoms with E-state index in [1.165, 1.54) is 11.0 Å². The van der Waals surface area contributed by atoms with E-state index >= 15 is 0 Å². The number of nitrogens with zero attached hydrogens (tertiary/aromatic N) is 3. The predicted octanol–water partition coefficient (Wildman–Crippen LogP) is 3.45. The van der Waals surface area contributed by atoms with Gasteiger partial charge in [-0.25, -0.2) is 0 Å². The average molecular weight is 377 g/mol. The lowest BCUT2D eigenvalue weighted by Gasteiger charge is -2.11. The molecule has 1 aromatic heterocycles. The Balaban J connectivity index is 1.39. The molecule has 3 aromatic rings. The summed E-state index contributed by atoms with van der Waals surface area (Å²) < 4.78 is 15.9. The topological polar surface area (TPSA) is 77.7 Å². The van der Waals surface area contributed by atoms with E-state index in [1.807, 2.05) is 49.4 Å². The molecule has 1 aliphatic rings. The van der Waals surface area contributed by atoms with E-state index in [-0.39, 0.29) is 19.2 Å². The lowest BCUT2D eigenvalue weighted by atomic mass is 10.1. The lowest BCUT2D eigenvalue weighted by Crippen LogP contribution is -2.24. The van der Waals surface area contributed by atoms with Gasteiger partial charge in [-0.2, -0.15) is 4.98 Å². The van der Waals surface area contributed by atoms with Crippen molar-refractivity contribution in [3.63, 3.8) is 0 Å². The molecule has 0 atom stereocenters. The number of carbonyl (C=O) groups is 1. The smallest absolute Gasteiger partial charge is 0.246 e. The Morgan fingerprint density at radius 2 is 2.04 bits per heavy atom. The fourth-order valence-electron chi connectivity index (χ4n) is 2.81. The second kappa shape index (κ2) is 7.56. The Hall–Kier alpha value is -3.61. The third-order valence-electron chi connectivity index (χ3n) is 4.31. The maximum atomic E-state index is 12.4. The highest BCUT2D eigenvalue weighted by molar-refractivity contribution is 5.91. The molecule has 0 aliphatic carbocycles. The van der Waals surface area contributed by atoms with Crippen LogP contribution in [0.1, 0.15) is 17.0 Å². The molecule has 2 heterocycles. The molecule has 0 spiro atoms. The molecule has 0 bridgehead atoms. The van der Waals surface area contributed by atoms with Crippen LogP contribution >= 0.6 is 0 Å².